The van der Waals surface area contributed by atoms with Gasteiger partial charge in [-0.05, 0) is 66.4 Å². The van der Waals surface area contributed by atoms with Gasteiger partial charge in [0.2, 0.25) is 0 Å². The number of aromatic nitrogens is 4. The van der Waals surface area contributed by atoms with Crippen molar-refractivity contribution < 1.29 is 4.42 Å². The van der Waals surface area contributed by atoms with Gasteiger partial charge in [-0.25, -0.2) is 14.6 Å². The van der Waals surface area contributed by atoms with Gasteiger partial charge in [-0.15, -0.1) is 0 Å². The Morgan fingerprint density at radius 1 is 0.793 bits per heavy atom. The van der Waals surface area contributed by atoms with Crippen LogP contribution in [0, 0.1) is 20.8 Å². The molecule has 29 heavy (non-hydrogen) atoms. The summed E-state index contributed by atoms with van der Waals surface area (Å²) in [5.74, 6) is 1.44. The maximum absolute atomic E-state index is 5.59. The molecule has 0 fully saturated rings. The third-order valence-electron chi connectivity index (χ3n) is 5.11. The molecule has 2 aromatic heterocycles. The predicted molar refractivity (Wildman–Crippen MR) is 114 cm³/mol. The van der Waals surface area contributed by atoms with Crippen LogP contribution in [0.2, 0.25) is 0 Å². The maximum atomic E-state index is 5.59. The summed E-state index contributed by atoms with van der Waals surface area (Å²) in [6.07, 6.45) is 1.59. The Kier molecular flexibility index (Phi) is 4.02. The van der Waals surface area contributed by atoms with Gasteiger partial charge in [0.15, 0.2) is 17.3 Å². The van der Waals surface area contributed by atoms with Gasteiger partial charge in [-0.1, -0.05) is 30.3 Å². The van der Waals surface area contributed by atoms with Gasteiger partial charge >= 0.3 is 0 Å². The molecule has 0 aliphatic rings. The molecule has 0 bridgehead atoms. The first-order chi connectivity index (χ1) is 14.1. The van der Waals surface area contributed by atoms with E-state index >= 15 is 0 Å². The molecule has 0 N–H and O–H groups in total. The minimum Gasteiger partial charge on any atom is -0.441 e. The lowest BCUT2D eigenvalue weighted by Gasteiger charge is -2.15. The molecule has 0 unspecified atom stereocenters. The number of aryl methyl sites for hydroxylation is 3. The maximum Gasteiger partial charge on any atom is 0.192 e. The smallest absolute Gasteiger partial charge is 0.192 e. The average Bonchev–Trinajstić information content (AvgIpc) is 3.33. The molecular formula is C24H20N4O. The van der Waals surface area contributed by atoms with Crippen molar-refractivity contribution in [3.05, 3.63) is 84.0 Å². The van der Waals surface area contributed by atoms with E-state index in [0.717, 1.165) is 39.3 Å². The third kappa shape index (κ3) is 3.01. The Labute approximate surface area is 168 Å². The number of nitrogens with zero attached hydrogens (tertiary/aromatic N) is 4. The molecule has 3 aromatic carbocycles. The number of oxazole rings is 1. The predicted octanol–water partition coefficient (Wildman–Crippen LogP) is 5.67. The fourth-order valence-electron chi connectivity index (χ4n) is 3.87. The van der Waals surface area contributed by atoms with Crippen LogP contribution < -0.4 is 0 Å². The largest absolute Gasteiger partial charge is 0.441 e. The summed E-state index contributed by atoms with van der Waals surface area (Å²) < 4.78 is 7.50. The first-order valence-electron chi connectivity index (χ1n) is 9.55. The lowest BCUT2D eigenvalue weighted by Crippen LogP contribution is -2.05. The van der Waals surface area contributed by atoms with E-state index in [1.165, 1.54) is 11.1 Å². The standard InChI is InChI=1S/C24H20N4O/c1-15-11-20(18-7-5-4-6-8-18)12-16(2)23(15)28-24(25-14-26-28)19-9-10-22-21(13-19)27-17(3)29-22/h4-14H,1-3H3. The van der Waals surface area contributed by atoms with Crippen LogP contribution in [0.3, 0.4) is 0 Å². The van der Waals surface area contributed by atoms with Gasteiger partial charge in [0.1, 0.15) is 11.8 Å². The van der Waals surface area contributed by atoms with Gasteiger partial charge in [-0.3, -0.25) is 0 Å². The molecule has 5 heteroatoms. The van der Waals surface area contributed by atoms with E-state index in [-0.39, 0.29) is 0 Å². The molecule has 0 saturated heterocycles. The van der Waals surface area contributed by atoms with Crippen molar-refractivity contribution in [2.75, 3.05) is 0 Å². The topological polar surface area (TPSA) is 56.7 Å². The van der Waals surface area contributed by atoms with Gasteiger partial charge in [-0.2, -0.15) is 5.10 Å². The van der Waals surface area contributed by atoms with Gasteiger partial charge in [0, 0.05) is 12.5 Å². The summed E-state index contributed by atoms with van der Waals surface area (Å²) in [7, 11) is 0. The second kappa shape index (κ2) is 6.71. The highest BCUT2D eigenvalue weighted by atomic mass is 16.3. The highest BCUT2D eigenvalue weighted by Crippen LogP contribution is 2.30. The molecule has 142 valence electrons. The second-order valence-corrected chi connectivity index (χ2v) is 7.24. The van der Waals surface area contributed by atoms with E-state index in [1.54, 1.807) is 6.33 Å². The highest BCUT2D eigenvalue weighted by molar-refractivity contribution is 5.79. The summed E-state index contributed by atoms with van der Waals surface area (Å²) in [5, 5.41) is 4.53. The SMILES string of the molecule is Cc1nc2cc(-c3ncnn3-c3c(C)cc(-c4ccccc4)cc3C)ccc2o1. The van der Waals surface area contributed by atoms with Crippen LogP contribution in [0.1, 0.15) is 17.0 Å². The summed E-state index contributed by atoms with van der Waals surface area (Å²) in [5.41, 5.74) is 8.30. The molecule has 0 spiro atoms. The summed E-state index contributed by atoms with van der Waals surface area (Å²) >= 11 is 0. The van der Waals surface area contributed by atoms with Gasteiger partial charge < -0.3 is 4.42 Å². The molecule has 0 aliphatic heterocycles. The van der Waals surface area contributed by atoms with Crippen molar-refractivity contribution in [1.82, 2.24) is 19.7 Å². The van der Waals surface area contributed by atoms with Crippen molar-refractivity contribution in [3.8, 4) is 28.2 Å². The van der Waals surface area contributed by atoms with Crippen LogP contribution in [-0.4, -0.2) is 19.7 Å². The van der Waals surface area contributed by atoms with Crippen molar-refractivity contribution >= 4 is 11.1 Å². The fraction of sp³-hybridized carbons (Fsp3) is 0.125. The molecule has 0 aliphatic carbocycles. The van der Waals surface area contributed by atoms with Crippen LogP contribution in [0.5, 0.6) is 0 Å². The Bertz CT molecular complexity index is 1310. The molecule has 2 heterocycles. The van der Waals surface area contributed by atoms with Crippen molar-refractivity contribution in [3.63, 3.8) is 0 Å². The molecule has 5 nitrogen and oxygen atoms in total. The molecule has 0 atom stereocenters. The van der Waals surface area contributed by atoms with Gasteiger partial charge in [0.05, 0.1) is 5.69 Å². The number of hydrogen-bond donors (Lipinski definition) is 0. The van der Waals surface area contributed by atoms with Crippen LogP contribution >= 0.6 is 0 Å². The van der Waals surface area contributed by atoms with Crippen LogP contribution in [-0.2, 0) is 0 Å². The monoisotopic (exact) mass is 380 g/mol. The third-order valence-corrected chi connectivity index (χ3v) is 5.11. The average molecular weight is 380 g/mol. The zero-order chi connectivity index (χ0) is 20.0. The summed E-state index contributed by atoms with van der Waals surface area (Å²) in [6, 6.07) is 20.7. The normalized spacial score (nSPS) is 11.3. The zero-order valence-electron chi connectivity index (χ0n) is 16.5. The molecule has 0 radical (unpaired) electrons. The molecule has 5 aromatic rings. The summed E-state index contributed by atoms with van der Waals surface area (Å²) in [4.78, 5) is 8.97. The van der Waals surface area contributed by atoms with Crippen molar-refractivity contribution in [2.24, 2.45) is 0 Å². The van der Waals surface area contributed by atoms with E-state index < -0.39 is 0 Å². The van der Waals surface area contributed by atoms with Gasteiger partial charge in [0.25, 0.3) is 0 Å². The molecular weight excluding hydrogens is 360 g/mol. The quantitative estimate of drug-likeness (QED) is 0.405. The lowest BCUT2D eigenvalue weighted by atomic mass is 9.99. The van der Waals surface area contributed by atoms with Crippen LogP contribution in [0.25, 0.3) is 39.3 Å². The van der Waals surface area contributed by atoms with E-state index in [1.807, 2.05) is 35.9 Å². The van der Waals surface area contributed by atoms with E-state index in [4.69, 9.17) is 4.42 Å². The Balaban J connectivity index is 1.63. The minimum absolute atomic E-state index is 0.654. The lowest BCUT2D eigenvalue weighted by molar-refractivity contribution is 0.561. The van der Waals surface area contributed by atoms with Crippen molar-refractivity contribution in [2.45, 2.75) is 20.8 Å². The molecule has 0 amide bonds. The van der Waals surface area contributed by atoms with E-state index in [2.05, 4.69) is 65.3 Å². The Hall–Kier alpha value is -3.73. The first kappa shape index (κ1) is 17.4. The van der Waals surface area contributed by atoms with Crippen molar-refractivity contribution in [1.29, 1.82) is 0 Å². The zero-order valence-corrected chi connectivity index (χ0v) is 16.5. The number of rotatable bonds is 3. The molecule has 5 rings (SSSR count). The Morgan fingerprint density at radius 2 is 1.55 bits per heavy atom. The first-order valence-corrected chi connectivity index (χ1v) is 9.55. The minimum atomic E-state index is 0.654. The Morgan fingerprint density at radius 3 is 2.31 bits per heavy atom. The highest BCUT2D eigenvalue weighted by Gasteiger charge is 2.16. The number of benzene rings is 3. The van der Waals surface area contributed by atoms with Crippen LogP contribution in [0.15, 0.2) is 71.4 Å². The fourth-order valence-corrected chi connectivity index (χ4v) is 3.87. The van der Waals surface area contributed by atoms with E-state index in [0.29, 0.717) is 5.89 Å². The number of hydrogen-bond acceptors (Lipinski definition) is 4. The van der Waals surface area contributed by atoms with Crippen LogP contribution in [0.4, 0.5) is 0 Å². The van der Waals surface area contributed by atoms with E-state index in [9.17, 15) is 0 Å². The number of fused-ring (bicyclic) bond motifs is 1. The summed E-state index contributed by atoms with van der Waals surface area (Å²) in [6.45, 7) is 6.08. The molecule has 0 saturated carbocycles. The second-order valence-electron chi connectivity index (χ2n) is 7.24.